The summed E-state index contributed by atoms with van der Waals surface area (Å²) in [4.78, 5) is 10.5. The van der Waals surface area contributed by atoms with Gasteiger partial charge in [-0.3, -0.25) is 5.43 Å². The molecular weight excluding hydrogens is 294 g/mol. The molecule has 5 nitrogen and oxygen atoms in total. The first kappa shape index (κ1) is 15.4. The average Bonchev–Trinajstić information content (AvgIpc) is 2.48. The molecule has 0 saturated carbocycles. The van der Waals surface area contributed by atoms with Crippen LogP contribution in [0, 0.1) is 11.6 Å². The summed E-state index contributed by atoms with van der Waals surface area (Å²) in [6, 6.07) is 9.70. The summed E-state index contributed by atoms with van der Waals surface area (Å²) in [6.07, 6.45) is 1.35. The zero-order valence-electron chi connectivity index (χ0n) is 11.3. The molecule has 0 saturated heterocycles. The average molecular weight is 306 g/mol. The van der Waals surface area contributed by atoms with E-state index in [9.17, 15) is 13.6 Å². The van der Waals surface area contributed by atoms with E-state index in [4.69, 9.17) is 9.84 Å². The van der Waals surface area contributed by atoms with Gasteiger partial charge in [-0.1, -0.05) is 12.1 Å². The van der Waals surface area contributed by atoms with Gasteiger partial charge in [0.2, 0.25) is 0 Å². The number of ether oxygens (including phenoxy) is 1. The number of hydrazone groups is 1. The summed E-state index contributed by atoms with van der Waals surface area (Å²) in [7, 11) is 0. The second kappa shape index (κ2) is 7.16. The van der Waals surface area contributed by atoms with Crippen LogP contribution in [-0.2, 0) is 4.79 Å². The quantitative estimate of drug-likeness (QED) is 0.636. The van der Waals surface area contributed by atoms with Crippen LogP contribution in [0.4, 0.5) is 14.5 Å². The fourth-order valence-corrected chi connectivity index (χ4v) is 1.61. The van der Waals surface area contributed by atoms with E-state index in [1.165, 1.54) is 12.3 Å². The molecule has 0 aromatic heterocycles. The number of anilines is 1. The number of para-hydroxylation sites is 1. The van der Waals surface area contributed by atoms with Crippen molar-refractivity contribution in [3.05, 3.63) is 59.7 Å². The Kier molecular flexibility index (Phi) is 5.02. The molecule has 2 N–H and O–H groups in total. The van der Waals surface area contributed by atoms with Crippen LogP contribution in [0.3, 0.4) is 0 Å². The van der Waals surface area contributed by atoms with Gasteiger partial charge in [-0.2, -0.15) is 5.10 Å². The number of nitrogens with one attached hydrogen (secondary N) is 1. The minimum Gasteiger partial charge on any atom is -0.481 e. The van der Waals surface area contributed by atoms with Gasteiger partial charge >= 0.3 is 5.97 Å². The molecule has 0 bridgehead atoms. The van der Waals surface area contributed by atoms with Crippen LogP contribution in [0.5, 0.6) is 5.75 Å². The fraction of sp³-hybridized carbons (Fsp3) is 0.0667. The molecule has 0 fully saturated rings. The summed E-state index contributed by atoms with van der Waals surface area (Å²) in [5.74, 6) is -2.22. The predicted molar refractivity (Wildman–Crippen MR) is 77.1 cm³/mol. The van der Waals surface area contributed by atoms with Crippen LogP contribution in [0.15, 0.2) is 47.6 Å². The van der Waals surface area contributed by atoms with Gasteiger partial charge in [-0.25, -0.2) is 13.6 Å². The van der Waals surface area contributed by atoms with E-state index in [0.29, 0.717) is 11.3 Å². The molecule has 0 spiro atoms. The number of carboxylic acid groups (broad SMARTS) is 1. The Morgan fingerprint density at radius 2 is 2.05 bits per heavy atom. The monoisotopic (exact) mass is 306 g/mol. The van der Waals surface area contributed by atoms with Crippen molar-refractivity contribution in [1.29, 1.82) is 0 Å². The first-order valence-corrected chi connectivity index (χ1v) is 6.24. The van der Waals surface area contributed by atoms with Gasteiger partial charge in [-0.15, -0.1) is 0 Å². The van der Waals surface area contributed by atoms with Crippen LogP contribution in [0.25, 0.3) is 0 Å². The lowest BCUT2D eigenvalue weighted by Gasteiger charge is -2.06. The summed E-state index contributed by atoms with van der Waals surface area (Å²) in [5.41, 5.74) is 2.96. The van der Waals surface area contributed by atoms with Crippen molar-refractivity contribution in [2.75, 3.05) is 12.0 Å². The summed E-state index contributed by atoms with van der Waals surface area (Å²) >= 11 is 0. The number of carboxylic acids is 1. The second-order valence-electron chi connectivity index (χ2n) is 4.21. The van der Waals surface area contributed by atoms with Crippen LogP contribution in [0.2, 0.25) is 0 Å². The minimum absolute atomic E-state index is 0.0154. The molecule has 0 unspecified atom stereocenters. The molecule has 2 aromatic carbocycles. The van der Waals surface area contributed by atoms with E-state index in [0.717, 1.165) is 12.1 Å². The molecule has 114 valence electrons. The number of nitrogens with zero attached hydrogens (tertiary/aromatic N) is 1. The summed E-state index contributed by atoms with van der Waals surface area (Å²) in [5, 5.41) is 12.4. The third-order valence-electron chi connectivity index (χ3n) is 2.59. The van der Waals surface area contributed by atoms with Crippen LogP contribution < -0.4 is 10.2 Å². The van der Waals surface area contributed by atoms with Crippen molar-refractivity contribution in [3.8, 4) is 5.75 Å². The van der Waals surface area contributed by atoms with E-state index >= 15 is 0 Å². The van der Waals surface area contributed by atoms with Gasteiger partial charge < -0.3 is 9.84 Å². The Bertz CT molecular complexity index is 705. The number of aliphatic carboxylic acids is 1. The van der Waals surface area contributed by atoms with Crippen molar-refractivity contribution in [1.82, 2.24) is 0 Å². The van der Waals surface area contributed by atoms with E-state index in [1.807, 2.05) is 0 Å². The van der Waals surface area contributed by atoms with E-state index < -0.39 is 24.2 Å². The van der Waals surface area contributed by atoms with Gasteiger partial charge in [0.15, 0.2) is 12.4 Å². The van der Waals surface area contributed by atoms with Gasteiger partial charge in [0.1, 0.15) is 11.6 Å². The van der Waals surface area contributed by atoms with Gasteiger partial charge in [0, 0.05) is 11.6 Å². The molecule has 0 aliphatic rings. The minimum atomic E-state index is -1.10. The van der Waals surface area contributed by atoms with E-state index in [2.05, 4.69) is 10.5 Å². The smallest absolute Gasteiger partial charge is 0.341 e. The highest BCUT2D eigenvalue weighted by molar-refractivity contribution is 5.84. The highest BCUT2D eigenvalue weighted by Crippen LogP contribution is 2.17. The van der Waals surface area contributed by atoms with Crippen LogP contribution >= 0.6 is 0 Å². The van der Waals surface area contributed by atoms with E-state index in [-0.39, 0.29) is 5.69 Å². The number of hydrogen-bond donors (Lipinski definition) is 2. The maximum absolute atomic E-state index is 13.4. The van der Waals surface area contributed by atoms with Crippen molar-refractivity contribution in [2.45, 2.75) is 0 Å². The highest BCUT2D eigenvalue weighted by Gasteiger charge is 2.04. The number of halogens is 2. The molecule has 0 heterocycles. The lowest BCUT2D eigenvalue weighted by Crippen LogP contribution is -2.10. The highest BCUT2D eigenvalue weighted by atomic mass is 19.1. The Hall–Kier alpha value is -2.96. The molecule has 0 aliphatic carbocycles. The van der Waals surface area contributed by atoms with Crippen molar-refractivity contribution in [2.24, 2.45) is 5.10 Å². The van der Waals surface area contributed by atoms with Gasteiger partial charge in [-0.05, 0) is 24.3 Å². The normalized spacial score (nSPS) is 10.6. The molecule has 22 heavy (non-hydrogen) atoms. The Balaban J connectivity index is 2.08. The fourth-order valence-electron chi connectivity index (χ4n) is 1.61. The Morgan fingerprint density at radius 3 is 2.77 bits per heavy atom. The first-order valence-electron chi connectivity index (χ1n) is 6.24. The molecule has 7 heteroatoms. The molecule has 0 atom stereocenters. The number of benzene rings is 2. The molecule has 0 aliphatic heterocycles. The zero-order chi connectivity index (χ0) is 15.9. The Labute approximate surface area is 124 Å². The molecule has 2 aromatic rings. The van der Waals surface area contributed by atoms with Gasteiger partial charge in [0.25, 0.3) is 0 Å². The maximum Gasteiger partial charge on any atom is 0.341 e. The number of hydrogen-bond acceptors (Lipinski definition) is 4. The third kappa shape index (κ3) is 4.27. The lowest BCUT2D eigenvalue weighted by molar-refractivity contribution is -0.139. The second-order valence-corrected chi connectivity index (χ2v) is 4.21. The summed E-state index contributed by atoms with van der Waals surface area (Å²) in [6.45, 7) is -0.481. The zero-order valence-corrected chi connectivity index (χ0v) is 11.3. The first-order chi connectivity index (χ1) is 10.6. The summed E-state index contributed by atoms with van der Waals surface area (Å²) < 4.78 is 31.3. The van der Waals surface area contributed by atoms with Crippen LogP contribution in [-0.4, -0.2) is 23.9 Å². The SMILES string of the molecule is O=C(O)COc1ccccc1/C=N\Nc1ccc(F)cc1F. The lowest BCUT2D eigenvalue weighted by atomic mass is 10.2. The molecule has 0 radical (unpaired) electrons. The van der Waals surface area contributed by atoms with Crippen molar-refractivity contribution < 1.29 is 23.4 Å². The standard InChI is InChI=1S/C15H12F2N2O3/c16-11-5-6-13(12(17)7-11)19-18-8-10-3-1-2-4-14(10)22-9-15(20)21/h1-8,19H,9H2,(H,20,21)/b18-8-. The molecular formula is C15H12F2N2O3. The number of carbonyl (C=O) groups is 1. The Morgan fingerprint density at radius 1 is 1.27 bits per heavy atom. The largest absolute Gasteiger partial charge is 0.481 e. The number of rotatable bonds is 6. The van der Waals surface area contributed by atoms with Crippen molar-refractivity contribution in [3.63, 3.8) is 0 Å². The third-order valence-corrected chi connectivity index (χ3v) is 2.59. The molecule has 0 amide bonds. The molecule has 2 rings (SSSR count). The topological polar surface area (TPSA) is 70.9 Å². The maximum atomic E-state index is 13.4. The predicted octanol–water partition coefficient (Wildman–Crippen LogP) is 2.87. The van der Waals surface area contributed by atoms with E-state index in [1.54, 1.807) is 24.3 Å². The van der Waals surface area contributed by atoms with Gasteiger partial charge in [0.05, 0.1) is 11.9 Å². The van der Waals surface area contributed by atoms with Crippen LogP contribution in [0.1, 0.15) is 5.56 Å². The van der Waals surface area contributed by atoms with Crippen molar-refractivity contribution >= 4 is 17.9 Å².